The number of imide groups is 1. The Morgan fingerprint density at radius 2 is 2.10 bits per heavy atom. The maximum Gasteiger partial charge on any atom is 0.234 e. The van der Waals surface area contributed by atoms with Gasteiger partial charge in [0, 0.05) is 18.5 Å². The lowest BCUT2D eigenvalue weighted by atomic mass is 9.88. The van der Waals surface area contributed by atoms with Crippen molar-refractivity contribution in [3.63, 3.8) is 0 Å². The van der Waals surface area contributed by atoms with Crippen molar-refractivity contribution in [2.45, 2.75) is 25.7 Å². The average Bonchev–Trinajstić information content (AvgIpc) is 2.72. The summed E-state index contributed by atoms with van der Waals surface area (Å²) in [5, 5.41) is 13.6. The van der Waals surface area contributed by atoms with Crippen LogP contribution in [-0.4, -0.2) is 31.2 Å². The molecule has 3 N–H and O–H groups in total. The molecule has 156 valence electrons. The summed E-state index contributed by atoms with van der Waals surface area (Å²) in [4.78, 5) is 23.7. The number of hydrogen-bond acceptors (Lipinski definition) is 5. The molecule has 0 spiro atoms. The zero-order valence-corrected chi connectivity index (χ0v) is 17.7. The highest BCUT2D eigenvalue weighted by Crippen LogP contribution is 2.35. The van der Waals surface area contributed by atoms with Crippen molar-refractivity contribution in [3.8, 4) is 16.9 Å². The number of nitrogens with one attached hydrogen (secondary N) is 3. The van der Waals surface area contributed by atoms with Crippen LogP contribution in [0.4, 0.5) is 0 Å². The lowest BCUT2D eigenvalue weighted by Gasteiger charge is -2.22. The zero-order chi connectivity index (χ0) is 21.7. The number of hydrogen-bond donors (Lipinski definition) is 3. The number of halogens is 1. The number of carbonyl (C=O) groups excluding carboxylic acids is 2. The highest BCUT2D eigenvalue weighted by atomic mass is 35.5. The molecule has 2 aromatic rings. The van der Waals surface area contributed by atoms with Gasteiger partial charge in [0.05, 0.1) is 11.6 Å². The summed E-state index contributed by atoms with van der Waals surface area (Å²) in [6, 6.07) is 11.4. The third-order valence-electron chi connectivity index (χ3n) is 4.96. The van der Waals surface area contributed by atoms with Crippen LogP contribution in [0, 0.1) is 12.3 Å². The monoisotopic (exact) mass is 425 g/mol. The lowest BCUT2D eigenvalue weighted by molar-refractivity contribution is -0.134. The standard InChI is InChI=1S/C23H24ClN3O3/c1-14-11-17(30-13-16(25)9-10-26-2)4-5-18(14)15-3-7-21(24)20(12-15)19-6-8-22(28)27-23(19)29/h3-5,7,9-12,19,25-26H,6,8,13H2,1-2H3,(H,27,28,29)/b10-9-,25-16?. The molecule has 0 saturated carbocycles. The van der Waals surface area contributed by atoms with Gasteiger partial charge >= 0.3 is 0 Å². The van der Waals surface area contributed by atoms with Crippen molar-refractivity contribution >= 4 is 29.1 Å². The molecular weight excluding hydrogens is 402 g/mol. The van der Waals surface area contributed by atoms with Crippen molar-refractivity contribution in [2.75, 3.05) is 13.7 Å². The fraction of sp³-hybridized carbons (Fsp3) is 0.261. The molecule has 1 aliphatic rings. The summed E-state index contributed by atoms with van der Waals surface area (Å²) in [6.07, 6.45) is 4.08. The van der Waals surface area contributed by atoms with E-state index in [1.54, 1.807) is 25.4 Å². The molecule has 0 radical (unpaired) electrons. The van der Waals surface area contributed by atoms with Crippen LogP contribution >= 0.6 is 11.6 Å². The number of benzene rings is 2. The van der Waals surface area contributed by atoms with Crippen LogP contribution in [0.5, 0.6) is 5.75 Å². The van der Waals surface area contributed by atoms with Gasteiger partial charge in [-0.1, -0.05) is 23.7 Å². The first-order valence-electron chi connectivity index (χ1n) is 9.67. The Bertz CT molecular complexity index is 1020. The average molecular weight is 426 g/mol. The van der Waals surface area contributed by atoms with Gasteiger partial charge in [-0.2, -0.15) is 0 Å². The fourth-order valence-corrected chi connectivity index (χ4v) is 3.66. The minimum Gasteiger partial charge on any atom is -0.487 e. The molecule has 3 rings (SSSR count). The smallest absolute Gasteiger partial charge is 0.234 e. The van der Waals surface area contributed by atoms with Gasteiger partial charge in [0.2, 0.25) is 11.8 Å². The van der Waals surface area contributed by atoms with E-state index in [1.165, 1.54) is 0 Å². The predicted molar refractivity (Wildman–Crippen MR) is 118 cm³/mol. The summed E-state index contributed by atoms with van der Waals surface area (Å²) < 4.78 is 5.69. The molecular formula is C23H24ClN3O3. The maximum absolute atomic E-state index is 12.3. The van der Waals surface area contributed by atoms with E-state index in [9.17, 15) is 9.59 Å². The second-order valence-corrected chi connectivity index (χ2v) is 7.56. The minimum atomic E-state index is -0.435. The third-order valence-corrected chi connectivity index (χ3v) is 5.31. The first-order valence-corrected chi connectivity index (χ1v) is 10.0. The Kier molecular flexibility index (Phi) is 6.90. The molecule has 1 atom stereocenters. The molecule has 2 aromatic carbocycles. The molecule has 0 aliphatic carbocycles. The van der Waals surface area contributed by atoms with Crippen LogP contribution in [-0.2, 0) is 9.59 Å². The minimum absolute atomic E-state index is 0.178. The largest absolute Gasteiger partial charge is 0.487 e. The molecule has 30 heavy (non-hydrogen) atoms. The van der Waals surface area contributed by atoms with Gasteiger partial charge in [-0.15, -0.1) is 0 Å². The number of amides is 2. The fourth-order valence-electron chi connectivity index (χ4n) is 3.41. The van der Waals surface area contributed by atoms with E-state index in [0.717, 1.165) is 22.3 Å². The normalized spacial score (nSPS) is 16.4. The lowest BCUT2D eigenvalue weighted by Crippen LogP contribution is -2.39. The molecule has 1 aliphatic heterocycles. The van der Waals surface area contributed by atoms with Crippen LogP contribution in [0.2, 0.25) is 5.02 Å². The van der Waals surface area contributed by atoms with Crippen LogP contribution in [0.1, 0.15) is 29.9 Å². The first kappa shape index (κ1) is 21.6. The summed E-state index contributed by atoms with van der Waals surface area (Å²) in [6.45, 7) is 2.16. The van der Waals surface area contributed by atoms with Crippen molar-refractivity contribution in [1.82, 2.24) is 10.6 Å². The molecule has 7 heteroatoms. The van der Waals surface area contributed by atoms with Crippen molar-refractivity contribution < 1.29 is 14.3 Å². The summed E-state index contributed by atoms with van der Waals surface area (Å²) >= 11 is 6.38. The number of piperidine rings is 1. The molecule has 0 aromatic heterocycles. The predicted octanol–water partition coefficient (Wildman–Crippen LogP) is 3.97. The van der Waals surface area contributed by atoms with E-state index >= 15 is 0 Å². The van der Waals surface area contributed by atoms with Crippen molar-refractivity contribution in [2.24, 2.45) is 0 Å². The van der Waals surface area contributed by atoms with Crippen LogP contribution in [0.3, 0.4) is 0 Å². The summed E-state index contributed by atoms with van der Waals surface area (Å²) in [5.74, 6) is -0.307. The van der Waals surface area contributed by atoms with Gasteiger partial charge in [-0.25, -0.2) is 0 Å². The highest BCUT2D eigenvalue weighted by Gasteiger charge is 2.29. The van der Waals surface area contributed by atoms with Crippen molar-refractivity contribution in [1.29, 1.82) is 5.41 Å². The van der Waals surface area contributed by atoms with E-state index < -0.39 is 5.92 Å². The Labute approximate surface area is 180 Å². The summed E-state index contributed by atoms with van der Waals surface area (Å²) in [7, 11) is 1.77. The molecule has 2 amide bonds. The molecule has 1 saturated heterocycles. The molecule has 1 fully saturated rings. The second kappa shape index (κ2) is 9.59. The SMILES string of the molecule is CN/C=C\C(=N)COc1ccc(-c2ccc(Cl)c(C3CCC(=O)NC3=O)c2)c(C)c1. The van der Waals surface area contributed by atoms with Gasteiger partial charge in [0.1, 0.15) is 12.4 Å². The topological polar surface area (TPSA) is 91.3 Å². The van der Waals surface area contributed by atoms with Crippen LogP contribution < -0.4 is 15.4 Å². The number of ether oxygens (including phenoxy) is 1. The molecule has 1 unspecified atom stereocenters. The third kappa shape index (κ3) is 5.07. The number of aryl methyl sites for hydroxylation is 1. The van der Waals surface area contributed by atoms with E-state index in [0.29, 0.717) is 29.3 Å². The van der Waals surface area contributed by atoms with E-state index in [-0.39, 0.29) is 18.4 Å². The quantitative estimate of drug-likeness (QED) is 0.462. The zero-order valence-electron chi connectivity index (χ0n) is 16.9. The van der Waals surface area contributed by atoms with Crippen LogP contribution in [0.15, 0.2) is 48.7 Å². The Morgan fingerprint density at radius 1 is 1.30 bits per heavy atom. The van der Waals surface area contributed by atoms with Gasteiger partial charge in [0.25, 0.3) is 0 Å². The van der Waals surface area contributed by atoms with Gasteiger partial charge < -0.3 is 15.5 Å². The van der Waals surface area contributed by atoms with Crippen LogP contribution in [0.25, 0.3) is 11.1 Å². The maximum atomic E-state index is 12.3. The Hall–Kier alpha value is -3.12. The van der Waals surface area contributed by atoms with E-state index in [2.05, 4.69) is 10.6 Å². The van der Waals surface area contributed by atoms with Crippen molar-refractivity contribution in [3.05, 3.63) is 64.8 Å². The molecule has 6 nitrogen and oxygen atoms in total. The van der Waals surface area contributed by atoms with E-state index in [1.807, 2.05) is 37.3 Å². The van der Waals surface area contributed by atoms with Gasteiger partial charge in [-0.05, 0) is 72.1 Å². The Balaban J connectivity index is 1.80. The van der Waals surface area contributed by atoms with E-state index in [4.69, 9.17) is 21.7 Å². The number of carbonyl (C=O) groups is 2. The van der Waals surface area contributed by atoms with Gasteiger partial charge in [-0.3, -0.25) is 14.9 Å². The summed E-state index contributed by atoms with van der Waals surface area (Å²) in [5.41, 5.74) is 4.02. The molecule has 1 heterocycles. The second-order valence-electron chi connectivity index (χ2n) is 7.15. The van der Waals surface area contributed by atoms with Gasteiger partial charge in [0.15, 0.2) is 0 Å². The molecule has 0 bridgehead atoms. The first-order chi connectivity index (χ1) is 14.4. The highest BCUT2D eigenvalue weighted by molar-refractivity contribution is 6.31. The Morgan fingerprint density at radius 3 is 2.80 bits per heavy atom. The number of rotatable bonds is 7.